The van der Waals surface area contributed by atoms with Gasteiger partial charge in [-0.2, -0.15) is 0 Å². The molecular formula is C22H26FN3O3. The first-order valence-corrected chi connectivity index (χ1v) is 9.59. The zero-order chi connectivity index (χ0) is 21.2. The average molecular weight is 399 g/mol. The number of aromatic nitrogens is 1. The molecule has 0 saturated carbocycles. The molecule has 1 amide bonds. The van der Waals surface area contributed by atoms with Crippen LogP contribution in [0.25, 0.3) is 11.1 Å². The molecule has 154 valence electrons. The average Bonchev–Trinajstić information content (AvgIpc) is 2.57. The molecule has 2 heterocycles. The number of carbonyl (C=O) groups is 2. The summed E-state index contributed by atoms with van der Waals surface area (Å²) in [6.07, 6.45) is 3.50. The Morgan fingerprint density at radius 2 is 2.03 bits per heavy atom. The maximum absolute atomic E-state index is 13.9. The Hall–Kier alpha value is -2.96. The molecule has 1 aliphatic heterocycles. The highest BCUT2D eigenvalue weighted by molar-refractivity contribution is 5.93. The topological polar surface area (TPSA) is 71.5 Å². The summed E-state index contributed by atoms with van der Waals surface area (Å²) in [6.45, 7) is 9.10. The molecule has 7 heteroatoms. The van der Waals surface area contributed by atoms with E-state index in [1.807, 2.05) is 33.8 Å². The van der Waals surface area contributed by atoms with Crippen LogP contribution in [0.4, 0.5) is 14.9 Å². The molecule has 1 aromatic heterocycles. The number of ether oxygens (including phenoxy) is 1. The van der Waals surface area contributed by atoms with Gasteiger partial charge in [-0.25, -0.2) is 9.18 Å². The zero-order valence-electron chi connectivity index (χ0n) is 17.2. The van der Waals surface area contributed by atoms with Gasteiger partial charge < -0.3 is 15.0 Å². The van der Waals surface area contributed by atoms with E-state index < -0.39 is 11.7 Å². The Morgan fingerprint density at radius 3 is 2.66 bits per heavy atom. The second-order valence-corrected chi connectivity index (χ2v) is 8.41. The number of alkyl carbamates (subject to hydrolysis) is 1. The van der Waals surface area contributed by atoms with Crippen LogP contribution in [-0.4, -0.2) is 42.6 Å². The Labute approximate surface area is 170 Å². The fourth-order valence-electron chi connectivity index (χ4n) is 3.44. The minimum absolute atomic E-state index is 0.234. The lowest BCUT2D eigenvalue weighted by molar-refractivity contribution is 0.0516. The highest BCUT2D eigenvalue weighted by atomic mass is 19.1. The molecule has 0 atom stereocenters. The molecule has 29 heavy (non-hydrogen) atoms. The Morgan fingerprint density at radius 1 is 1.31 bits per heavy atom. The largest absolute Gasteiger partial charge is 0.444 e. The maximum Gasteiger partial charge on any atom is 0.407 e. The lowest BCUT2D eigenvalue weighted by Crippen LogP contribution is -2.52. The van der Waals surface area contributed by atoms with Gasteiger partial charge in [0, 0.05) is 43.5 Å². The number of hydrogen-bond acceptors (Lipinski definition) is 5. The number of aldehydes is 1. The van der Waals surface area contributed by atoms with Gasteiger partial charge in [-0.3, -0.25) is 9.78 Å². The van der Waals surface area contributed by atoms with E-state index in [9.17, 15) is 14.0 Å². The smallest absolute Gasteiger partial charge is 0.407 e. The second-order valence-electron chi connectivity index (χ2n) is 8.41. The molecule has 1 aliphatic rings. The van der Waals surface area contributed by atoms with Crippen molar-refractivity contribution in [2.24, 2.45) is 5.92 Å². The second kappa shape index (κ2) is 8.19. The highest BCUT2D eigenvalue weighted by Crippen LogP contribution is 2.37. The van der Waals surface area contributed by atoms with E-state index in [-0.39, 0.29) is 11.7 Å². The van der Waals surface area contributed by atoms with E-state index in [4.69, 9.17) is 4.74 Å². The summed E-state index contributed by atoms with van der Waals surface area (Å²) >= 11 is 0. The van der Waals surface area contributed by atoms with E-state index in [2.05, 4.69) is 15.2 Å². The number of amides is 1. The predicted molar refractivity (Wildman–Crippen MR) is 110 cm³/mol. The summed E-state index contributed by atoms with van der Waals surface area (Å²) in [5.74, 6) is -0.0946. The highest BCUT2D eigenvalue weighted by Gasteiger charge is 2.31. The van der Waals surface area contributed by atoms with Crippen LogP contribution in [0.3, 0.4) is 0 Å². The van der Waals surface area contributed by atoms with Crippen molar-refractivity contribution in [3.05, 3.63) is 47.5 Å². The maximum atomic E-state index is 13.9. The van der Waals surface area contributed by atoms with Crippen molar-refractivity contribution in [2.75, 3.05) is 24.5 Å². The third-order valence-corrected chi connectivity index (χ3v) is 4.63. The molecule has 0 bridgehead atoms. The Balaban J connectivity index is 1.73. The van der Waals surface area contributed by atoms with Crippen molar-refractivity contribution in [1.82, 2.24) is 10.3 Å². The predicted octanol–water partition coefficient (Wildman–Crippen LogP) is 3.97. The molecule has 1 saturated heterocycles. The first kappa shape index (κ1) is 20.8. The Kier molecular flexibility index (Phi) is 5.86. The van der Waals surface area contributed by atoms with Gasteiger partial charge in [-0.15, -0.1) is 0 Å². The number of benzene rings is 1. The fraction of sp³-hybridized carbons (Fsp3) is 0.409. The van der Waals surface area contributed by atoms with Gasteiger partial charge in [0.25, 0.3) is 0 Å². The molecule has 1 aromatic carbocycles. The summed E-state index contributed by atoms with van der Waals surface area (Å²) in [4.78, 5) is 29.6. The van der Waals surface area contributed by atoms with Crippen molar-refractivity contribution in [3.63, 3.8) is 0 Å². The van der Waals surface area contributed by atoms with Crippen molar-refractivity contribution >= 4 is 18.1 Å². The van der Waals surface area contributed by atoms with Crippen LogP contribution in [-0.2, 0) is 4.74 Å². The van der Waals surface area contributed by atoms with Crippen LogP contribution in [0.1, 0.15) is 36.7 Å². The van der Waals surface area contributed by atoms with Gasteiger partial charge in [0.15, 0.2) is 6.29 Å². The number of carbonyl (C=O) groups excluding carboxylic acids is 2. The molecule has 0 spiro atoms. The van der Waals surface area contributed by atoms with Crippen molar-refractivity contribution in [3.8, 4) is 11.1 Å². The summed E-state index contributed by atoms with van der Waals surface area (Å²) in [5, 5.41) is 2.78. The molecule has 0 aliphatic carbocycles. The lowest BCUT2D eigenvalue weighted by Gasteiger charge is -2.42. The van der Waals surface area contributed by atoms with Gasteiger partial charge in [-0.1, -0.05) is 6.07 Å². The van der Waals surface area contributed by atoms with Gasteiger partial charge in [0.2, 0.25) is 0 Å². The first-order chi connectivity index (χ1) is 13.7. The number of nitrogens with zero attached hydrogens (tertiary/aromatic N) is 2. The number of halogens is 1. The molecule has 0 radical (unpaired) electrons. The van der Waals surface area contributed by atoms with Crippen LogP contribution < -0.4 is 10.2 Å². The summed E-state index contributed by atoms with van der Waals surface area (Å²) in [5.41, 5.74) is 2.87. The van der Waals surface area contributed by atoms with Crippen LogP contribution in [0.2, 0.25) is 0 Å². The molecular weight excluding hydrogens is 373 g/mol. The molecule has 2 aromatic rings. The monoisotopic (exact) mass is 399 g/mol. The van der Waals surface area contributed by atoms with Gasteiger partial charge in [-0.05, 0) is 51.0 Å². The number of hydrogen-bond donors (Lipinski definition) is 1. The number of anilines is 1. The number of aryl methyl sites for hydroxylation is 1. The standard InChI is InChI=1S/C22H26FN3O3/c1-14-5-16(7-18(23)6-14)19-10-24-9-17(13-27)20(19)26-11-15(12-26)8-25-21(28)29-22(2,3)4/h5-7,9-10,13,15H,8,11-12H2,1-4H3,(H,25,28). The van der Waals surface area contributed by atoms with Crippen LogP contribution in [0.15, 0.2) is 30.6 Å². The van der Waals surface area contributed by atoms with E-state index in [1.54, 1.807) is 6.20 Å². The van der Waals surface area contributed by atoms with Crippen molar-refractivity contribution in [1.29, 1.82) is 0 Å². The van der Waals surface area contributed by atoms with Crippen LogP contribution in [0.5, 0.6) is 0 Å². The summed E-state index contributed by atoms with van der Waals surface area (Å²) in [7, 11) is 0. The van der Waals surface area contributed by atoms with E-state index in [0.29, 0.717) is 30.8 Å². The van der Waals surface area contributed by atoms with Gasteiger partial charge in [0.05, 0.1) is 11.3 Å². The van der Waals surface area contributed by atoms with E-state index in [0.717, 1.165) is 23.1 Å². The normalized spacial score (nSPS) is 14.3. The number of nitrogens with one attached hydrogen (secondary N) is 1. The van der Waals surface area contributed by atoms with Gasteiger partial charge in [0.1, 0.15) is 11.4 Å². The van der Waals surface area contributed by atoms with Crippen molar-refractivity contribution < 1.29 is 18.7 Å². The third kappa shape index (κ3) is 5.10. The van der Waals surface area contributed by atoms with Crippen molar-refractivity contribution in [2.45, 2.75) is 33.3 Å². The summed E-state index contributed by atoms with van der Waals surface area (Å²) in [6, 6.07) is 4.78. The Bertz CT molecular complexity index is 898. The zero-order valence-corrected chi connectivity index (χ0v) is 17.2. The van der Waals surface area contributed by atoms with Gasteiger partial charge >= 0.3 is 6.09 Å². The molecule has 6 nitrogen and oxygen atoms in total. The third-order valence-electron chi connectivity index (χ3n) is 4.63. The molecule has 3 rings (SSSR count). The van der Waals surface area contributed by atoms with E-state index >= 15 is 0 Å². The minimum atomic E-state index is -0.538. The molecule has 1 N–H and O–H groups in total. The number of pyridine rings is 1. The first-order valence-electron chi connectivity index (χ1n) is 9.59. The van der Waals surface area contributed by atoms with Crippen LogP contribution >= 0.6 is 0 Å². The molecule has 0 unspecified atom stereocenters. The van der Waals surface area contributed by atoms with Crippen LogP contribution in [0, 0.1) is 18.7 Å². The quantitative estimate of drug-likeness (QED) is 0.771. The summed E-state index contributed by atoms with van der Waals surface area (Å²) < 4.78 is 19.2. The fourth-order valence-corrected chi connectivity index (χ4v) is 3.44. The lowest BCUT2D eigenvalue weighted by atomic mass is 9.94. The van der Waals surface area contributed by atoms with E-state index in [1.165, 1.54) is 18.3 Å². The number of rotatable bonds is 5. The SMILES string of the molecule is Cc1cc(F)cc(-c2cncc(C=O)c2N2CC(CNC(=O)OC(C)(C)C)C2)c1. The minimum Gasteiger partial charge on any atom is -0.444 e. The molecule has 1 fully saturated rings.